The lowest BCUT2D eigenvalue weighted by molar-refractivity contribution is -0.119. The number of hydrogen-bond acceptors (Lipinski definition) is 4. The average molecular weight is 448 g/mol. The Labute approximate surface area is 184 Å². The molecule has 2 aromatic rings. The summed E-state index contributed by atoms with van der Waals surface area (Å²) >= 11 is 5.16. The molecule has 0 fully saturated rings. The number of unbranched alkanes of at least 4 members (excludes halogenated alkanes) is 4. The molecule has 2 aromatic carbocycles. The smallest absolute Gasteiger partial charge is 0.240 e. The molecule has 0 saturated carbocycles. The van der Waals surface area contributed by atoms with E-state index in [1.54, 1.807) is 12.1 Å². The van der Waals surface area contributed by atoms with Gasteiger partial charge in [0.15, 0.2) is 5.11 Å². The zero-order chi connectivity index (χ0) is 21.8. The molecule has 0 aliphatic rings. The minimum Gasteiger partial charge on any atom is -0.332 e. The first-order valence-corrected chi connectivity index (χ1v) is 12.0. The summed E-state index contributed by atoms with van der Waals surface area (Å²) in [6, 6.07) is 15.5. The van der Waals surface area contributed by atoms with Crippen molar-refractivity contribution in [2.45, 2.75) is 56.9 Å². The number of hydrogen-bond donors (Lipinski definition) is 3. The van der Waals surface area contributed by atoms with Gasteiger partial charge in [-0.05, 0) is 48.5 Å². The number of rotatable bonds is 11. The normalized spacial score (nSPS) is 11.1. The Bertz CT molecular complexity index is 914. The molecule has 0 atom stereocenters. The summed E-state index contributed by atoms with van der Waals surface area (Å²) in [6.07, 6.45) is 5.82. The van der Waals surface area contributed by atoms with Crippen LogP contribution >= 0.6 is 12.2 Å². The van der Waals surface area contributed by atoms with Crippen molar-refractivity contribution < 1.29 is 13.2 Å². The first-order chi connectivity index (χ1) is 14.4. The van der Waals surface area contributed by atoms with Gasteiger partial charge in [0.25, 0.3) is 0 Å². The molecule has 0 spiro atoms. The highest BCUT2D eigenvalue weighted by Gasteiger charge is 2.13. The van der Waals surface area contributed by atoms with E-state index < -0.39 is 10.0 Å². The number of benzene rings is 2. The van der Waals surface area contributed by atoms with E-state index >= 15 is 0 Å². The van der Waals surface area contributed by atoms with E-state index in [4.69, 9.17) is 12.2 Å². The second-order valence-electron chi connectivity index (χ2n) is 7.00. The van der Waals surface area contributed by atoms with Gasteiger partial charge in [-0.1, -0.05) is 62.9 Å². The monoisotopic (exact) mass is 447 g/mol. The summed E-state index contributed by atoms with van der Waals surface area (Å²) in [5.74, 6) is -0.117. The lowest BCUT2D eigenvalue weighted by Crippen LogP contribution is -2.33. The van der Waals surface area contributed by atoms with Gasteiger partial charge in [0.05, 0.1) is 4.90 Å². The van der Waals surface area contributed by atoms with Crippen LogP contribution < -0.4 is 15.4 Å². The van der Waals surface area contributed by atoms with Gasteiger partial charge in [-0.3, -0.25) is 4.79 Å². The quantitative estimate of drug-likeness (QED) is 0.352. The van der Waals surface area contributed by atoms with E-state index in [9.17, 15) is 13.2 Å². The molecule has 30 heavy (non-hydrogen) atoms. The Hall–Kier alpha value is -2.29. The standard InChI is InChI=1S/C22H29N3O3S2/c1-2-3-4-5-9-12-21(26)25-22(29)24-19-13-15-20(16-14-19)30(27,28)23-17-18-10-7-6-8-11-18/h6-8,10-11,13-16,23H,2-5,9,12,17H2,1H3,(H2,24,25,26,29). The number of nitrogens with one attached hydrogen (secondary N) is 3. The Kier molecular flexibility index (Phi) is 9.93. The van der Waals surface area contributed by atoms with Gasteiger partial charge in [-0.15, -0.1) is 0 Å². The van der Waals surface area contributed by atoms with Crippen LogP contribution in [0.3, 0.4) is 0 Å². The van der Waals surface area contributed by atoms with Crippen LogP contribution in [0.25, 0.3) is 0 Å². The molecule has 8 heteroatoms. The van der Waals surface area contributed by atoms with Gasteiger partial charge in [0.1, 0.15) is 0 Å². The van der Waals surface area contributed by atoms with Crippen molar-refractivity contribution in [3.63, 3.8) is 0 Å². The summed E-state index contributed by atoms with van der Waals surface area (Å²) < 4.78 is 27.5. The fourth-order valence-corrected chi connectivity index (χ4v) is 4.06. The topological polar surface area (TPSA) is 87.3 Å². The first kappa shape index (κ1) is 24.0. The van der Waals surface area contributed by atoms with Crippen molar-refractivity contribution in [2.24, 2.45) is 0 Å². The molecule has 0 aliphatic heterocycles. The SMILES string of the molecule is CCCCCCCC(=O)NC(=S)Nc1ccc(S(=O)(=O)NCc2ccccc2)cc1. The van der Waals surface area contributed by atoms with Crippen LogP contribution in [0, 0.1) is 0 Å². The Morgan fingerprint density at radius 1 is 0.933 bits per heavy atom. The van der Waals surface area contributed by atoms with E-state index in [1.807, 2.05) is 30.3 Å². The third kappa shape index (κ3) is 8.61. The van der Waals surface area contributed by atoms with Gasteiger partial charge in [0, 0.05) is 18.7 Å². The molecule has 0 saturated heterocycles. The fourth-order valence-electron chi connectivity index (χ4n) is 2.82. The van der Waals surface area contributed by atoms with Crippen LogP contribution in [0.5, 0.6) is 0 Å². The van der Waals surface area contributed by atoms with Gasteiger partial charge < -0.3 is 10.6 Å². The number of thiocarbonyl (C=S) groups is 1. The van der Waals surface area contributed by atoms with Crippen LogP contribution in [-0.4, -0.2) is 19.4 Å². The molecule has 0 unspecified atom stereocenters. The van der Waals surface area contributed by atoms with Crippen LogP contribution in [0.15, 0.2) is 59.5 Å². The fraction of sp³-hybridized carbons (Fsp3) is 0.364. The van der Waals surface area contributed by atoms with Crippen molar-refractivity contribution in [3.05, 3.63) is 60.2 Å². The molecule has 6 nitrogen and oxygen atoms in total. The zero-order valence-electron chi connectivity index (χ0n) is 17.2. The summed E-state index contributed by atoms with van der Waals surface area (Å²) in [5.41, 5.74) is 1.48. The molecule has 0 radical (unpaired) electrons. The number of carbonyl (C=O) groups is 1. The molecular formula is C22H29N3O3S2. The number of amides is 1. The van der Waals surface area contributed by atoms with Gasteiger partial charge >= 0.3 is 0 Å². The number of anilines is 1. The lowest BCUT2D eigenvalue weighted by atomic mass is 10.1. The maximum atomic E-state index is 12.4. The molecule has 0 heterocycles. The summed E-state index contributed by atoms with van der Waals surface area (Å²) in [6.45, 7) is 2.37. The Morgan fingerprint density at radius 2 is 1.60 bits per heavy atom. The number of carbonyl (C=O) groups excluding carboxylic acids is 1. The molecule has 0 aliphatic carbocycles. The zero-order valence-corrected chi connectivity index (χ0v) is 18.8. The number of sulfonamides is 1. The van der Waals surface area contributed by atoms with Gasteiger partial charge in [-0.25, -0.2) is 13.1 Å². The maximum Gasteiger partial charge on any atom is 0.240 e. The predicted octanol–water partition coefficient (Wildman–Crippen LogP) is 4.34. The van der Waals surface area contributed by atoms with Crippen LogP contribution in [0.2, 0.25) is 0 Å². The van der Waals surface area contributed by atoms with Gasteiger partial charge in [-0.2, -0.15) is 0 Å². The maximum absolute atomic E-state index is 12.4. The minimum absolute atomic E-state index is 0.117. The predicted molar refractivity (Wildman–Crippen MR) is 125 cm³/mol. The van der Waals surface area contributed by atoms with Crippen LogP contribution in [-0.2, 0) is 21.4 Å². The second kappa shape index (κ2) is 12.4. The van der Waals surface area contributed by atoms with Crippen molar-refractivity contribution in [1.29, 1.82) is 0 Å². The Balaban J connectivity index is 1.80. The van der Waals surface area contributed by atoms with Crippen LogP contribution in [0.4, 0.5) is 5.69 Å². The average Bonchev–Trinajstić information content (AvgIpc) is 2.73. The molecule has 2 rings (SSSR count). The van der Waals surface area contributed by atoms with E-state index in [2.05, 4.69) is 22.3 Å². The molecular weight excluding hydrogens is 418 g/mol. The van der Waals surface area contributed by atoms with E-state index in [1.165, 1.54) is 25.0 Å². The molecule has 1 amide bonds. The van der Waals surface area contributed by atoms with E-state index in [0.29, 0.717) is 12.1 Å². The lowest BCUT2D eigenvalue weighted by Gasteiger charge is -2.11. The van der Waals surface area contributed by atoms with Gasteiger partial charge in [0.2, 0.25) is 15.9 Å². The van der Waals surface area contributed by atoms with Crippen molar-refractivity contribution in [2.75, 3.05) is 5.32 Å². The van der Waals surface area contributed by atoms with Crippen molar-refractivity contribution in [3.8, 4) is 0 Å². The summed E-state index contributed by atoms with van der Waals surface area (Å²) in [4.78, 5) is 12.1. The van der Waals surface area contributed by atoms with Crippen molar-refractivity contribution in [1.82, 2.24) is 10.0 Å². The molecule has 162 valence electrons. The second-order valence-corrected chi connectivity index (χ2v) is 9.18. The first-order valence-electron chi connectivity index (χ1n) is 10.1. The van der Waals surface area contributed by atoms with E-state index in [0.717, 1.165) is 24.8 Å². The van der Waals surface area contributed by atoms with Crippen molar-refractivity contribution >= 4 is 38.9 Å². The molecule has 3 N–H and O–H groups in total. The summed E-state index contributed by atoms with van der Waals surface area (Å²) in [5, 5.41) is 5.76. The summed E-state index contributed by atoms with van der Waals surface area (Å²) in [7, 11) is -3.62. The third-order valence-corrected chi connectivity index (χ3v) is 6.11. The highest BCUT2D eigenvalue weighted by atomic mass is 32.2. The van der Waals surface area contributed by atoms with Crippen LogP contribution in [0.1, 0.15) is 51.0 Å². The Morgan fingerprint density at radius 3 is 2.27 bits per heavy atom. The largest absolute Gasteiger partial charge is 0.332 e. The molecule has 0 bridgehead atoms. The highest BCUT2D eigenvalue weighted by molar-refractivity contribution is 7.89. The van der Waals surface area contributed by atoms with E-state index in [-0.39, 0.29) is 22.5 Å². The third-order valence-electron chi connectivity index (χ3n) is 4.49. The highest BCUT2D eigenvalue weighted by Crippen LogP contribution is 2.14. The minimum atomic E-state index is -3.62. The molecule has 0 aromatic heterocycles.